The Morgan fingerprint density at radius 3 is 1.89 bits per heavy atom. The van der Waals surface area contributed by atoms with Gasteiger partial charge in [0.15, 0.2) is 0 Å². The second-order valence-electron chi connectivity index (χ2n) is 14.3. The maximum Gasteiger partial charge on any atom is 0.416 e. The molecule has 4 heterocycles. The van der Waals surface area contributed by atoms with Crippen LogP contribution < -0.4 is 18.9 Å². The van der Waals surface area contributed by atoms with Gasteiger partial charge >= 0.3 is 6.18 Å². The highest BCUT2D eigenvalue weighted by Gasteiger charge is 2.32. The molecule has 0 aliphatic carbocycles. The minimum absolute atomic E-state index is 0.328. The van der Waals surface area contributed by atoms with Gasteiger partial charge in [-0.15, -0.1) is 0 Å². The summed E-state index contributed by atoms with van der Waals surface area (Å²) in [5, 5.41) is 0.692. The SMILES string of the molecule is COc1ccc2c(c1)C(c1ccc(Cl)cc1)=C(CN1CCC(COc3ccc4c(c3)C(c3ccc(C(F)(F)F)cc3)=C(CN3CCCC3)CO4)C1)CO2. The maximum absolute atomic E-state index is 13.5. The molecule has 0 N–H and O–H groups in total. The van der Waals surface area contributed by atoms with Crippen molar-refractivity contribution in [3.05, 3.63) is 129 Å². The van der Waals surface area contributed by atoms with Crippen molar-refractivity contribution >= 4 is 22.7 Å². The number of nitrogens with zero attached hydrogens (tertiary/aromatic N) is 2. The number of halogens is 4. The van der Waals surface area contributed by atoms with Gasteiger partial charge in [0.2, 0.25) is 0 Å². The molecule has 2 saturated heterocycles. The fourth-order valence-corrected chi connectivity index (χ4v) is 8.16. The van der Waals surface area contributed by atoms with Crippen LogP contribution in [-0.2, 0) is 6.18 Å². The normalized spacial score (nSPS) is 19.2. The van der Waals surface area contributed by atoms with Crippen LogP contribution in [0.25, 0.3) is 11.1 Å². The van der Waals surface area contributed by atoms with E-state index in [9.17, 15) is 13.2 Å². The summed E-state index contributed by atoms with van der Waals surface area (Å²) in [7, 11) is 1.67. The van der Waals surface area contributed by atoms with Crippen molar-refractivity contribution in [2.75, 3.05) is 66.2 Å². The van der Waals surface area contributed by atoms with Crippen LogP contribution in [0.2, 0.25) is 5.02 Å². The number of fused-ring (bicyclic) bond motifs is 2. The lowest BCUT2D eigenvalue weighted by molar-refractivity contribution is -0.137. The molecule has 0 spiro atoms. The highest BCUT2D eigenvalue weighted by molar-refractivity contribution is 6.30. The van der Waals surface area contributed by atoms with Crippen LogP contribution in [0.4, 0.5) is 13.2 Å². The van der Waals surface area contributed by atoms with Crippen LogP contribution in [-0.4, -0.2) is 76.0 Å². The molecule has 1 atom stereocenters. The zero-order valence-corrected chi connectivity index (χ0v) is 30.4. The van der Waals surface area contributed by atoms with Crippen molar-refractivity contribution in [2.24, 2.45) is 5.92 Å². The summed E-state index contributed by atoms with van der Waals surface area (Å²) < 4.78 is 64.9. The van der Waals surface area contributed by atoms with Gasteiger partial charge in [0.25, 0.3) is 0 Å². The highest BCUT2D eigenvalue weighted by Crippen LogP contribution is 2.42. The summed E-state index contributed by atoms with van der Waals surface area (Å²) in [5.41, 5.74) is 7.41. The summed E-state index contributed by atoms with van der Waals surface area (Å²) in [4.78, 5) is 4.86. The topological polar surface area (TPSA) is 43.4 Å². The van der Waals surface area contributed by atoms with E-state index < -0.39 is 11.7 Å². The van der Waals surface area contributed by atoms with Gasteiger partial charge in [-0.25, -0.2) is 0 Å². The van der Waals surface area contributed by atoms with Crippen molar-refractivity contribution in [1.29, 1.82) is 0 Å². The average molecular weight is 743 g/mol. The van der Waals surface area contributed by atoms with E-state index in [0.717, 1.165) is 115 Å². The largest absolute Gasteiger partial charge is 0.497 e. The van der Waals surface area contributed by atoms with E-state index in [1.165, 1.54) is 17.7 Å². The summed E-state index contributed by atoms with van der Waals surface area (Å²) in [6.45, 7) is 6.78. The summed E-state index contributed by atoms with van der Waals surface area (Å²) in [5.74, 6) is 3.37. The number of hydrogen-bond acceptors (Lipinski definition) is 6. The lowest BCUT2D eigenvalue weighted by atomic mass is 9.90. The Morgan fingerprint density at radius 1 is 0.717 bits per heavy atom. The third-order valence-corrected chi connectivity index (χ3v) is 11.0. The zero-order chi connectivity index (χ0) is 36.5. The highest BCUT2D eigenvalue weighted by atomic mass is 35.5. The van der Waals surface area contributed by atoms with E-state index in [2.05, 4.69) is 21.9 Å². The van der Waals surface area contributed by atoms with E-state index in [1.807, 2.05) is 48.5 Å². The fourth-order valence-electron chi connectivity index (χ4n) is 8.03. The van der Waals surface area contributed by atoms with E-state index in [-0.39, 0.29) is 0 Å². The van der Waals surface area contributed by atoms with Gasteiger partial charge in [-0.05, 0) is 133 Å². The first kappa shape index (κ1) is 35.6. The van der Waals surface area contributed by atoms with Gasteiger partial charge in [0.1, 0.15) is 36.2 Å². The standard InChI is InChI=1S/C43H42ClF3N2O4/c1-50-35-12-14-39-37(20-35)42(30-6-10-34(44)11-7-30)32(27-53-39)24-49-19-16-28(22-49)25-51-36-13-15-40-38(21-36)41(29-4-8-33(9-5-29)43(45,46)47)31(26-52-40)23-48-17-2-3-18-48/h4-15,20-21,28H,2-3,16-19,22-27H2,1H3. The number of alkyl halides is 3. The molecule has 1 unspecified atom stereocenters. The lowest BCUT2D eigenvalue weighted by Crippen LogP contribution is -2.28. The molecule has 6 nitrogen and oxygen atoms in total. The Bertz CT molecular complexity index is 2020. The molecule has 8 rings (SSSR count). The van der Waals surface area contributed by atoms with E-state index >= 15 is 0 Å². The number of likely N-dealkylation sites (tertiary alicyclic amines) is 2. The van der Waals surface area contributed by atoms with Gasteiger partial charge in [-0.2, -0.15) is 13.2 Å². The maximum atomic E-state index is 13.5. The molecule has 2 fully saturated rings. The van der Waals surface area contributed by atoms with Crippen LogP contribution in [0.1, 0.15) is 47.1 Å². The van der Waals surface area contributed by atoms with Crippen molar-refractivity contribution in [3.8, 4) is 23.0 Å². The van der Waals surface area contributed by atoms with Gasteiger partial charge < -0.3 is 18.9 Å². The Labute approximate surface area is 313 Å². The first-order valence-electron chi connectivity index (χ1n) is 18.3. The minimum Gasteiger partial charge on any atom is -0.497 e. The number of methoxy groups -OCH3 is 1. The smallest absolute Gasteiger partial charge is 0.416 e. The molecule has 4 aromatic carbocycles. The molecular formula is C43H42ClF3N2O4. The molecule has 0 amide bonds. The zero-order valence-electron chi connectivity index (χ0n) is 29.7. The Hall–Kier alpha value is -4.44. The molecule has 0 bridgehead atoms. The summed E-state index contributed by atoms with van der Waals surface area (Å²) in [6.07, 6.45) is -1.10. The number of benzene rings is 4. The molecule has 276 valence electrons. The van der Waals surface area contributed by atoms with Crippen LogP contribution >= 0.6 is 11.6 Å². The number of rotatable bonds is 10. The van der Waals surface area contributed by atoms with Crippen molar-refractivity contribution in [3.63, 3.8) is 0 Å². The predicted molar refractivity (Wildman–Crippen MR) is 201 cm³/mol. The van der Waals surface area contributed by atoms with Crippen molar-refractivity contribution in [1.82, 2.24) is 9.80 Å². The lowest BCUT2D eigenvalue weighted by Gasteiger charge is -2.28. The molecule has 0 saturated carbocycles. The summed E-state index contributed by atoms with van der Waals surface area (Å²) >= 11 is 6.26. The molecular weight excluding hydrogens is 701 g/mol. The van der Waals surface area contributed by atoms with E-state index in [1.54, 1.807) is 19.2 Å². The van der Waals surface area contributed by atoms with Crippen LogP contribution in [0, 0.1) is 5.92 Å². The van der Waals surface area contributed by atoms with Crippen LogP contribution in [0.15, 0.2) is 96.1 Å². The van der Waals surface area contributed by atoms with Crippen LogP contribution in [0.5, 0.6) is 23.0 Å². The first-order valence-corrected chi connectivity index (χ1v) is 18.6. The quantitative estimate of drug-likeness (QED) is 0.162. The molecule has 4 aliphatic rings. The molecule has 4 aliphatic heterocycles. The molecule has 53 heavy (non-hydrogen) atoms. The van der Waals surface area contributed by atoms with Crippen molar-refractivity contribution < 1.29 is 32.1 Å². The number of hydrogen-bond donors (Lipinski definition) is 0. The minimum atomic E-state index is -4.39. The monoisotopic (exact) mass is 742 g/mol. The van der Waals surface area contributed by atoms with E-state index in [4.69, 9.17) is 30.5 Å². The summed E-state index contributed by atoms with van der Waals surface area (Å²) in [6, 6.07) is 25.2. The second-order valence-corrected chi connectivity index (χ2v) is 14.8. The number of ether oxygens (including phenoxy) is 4. The van der Waals surface area contributed by atoms with Gasteiger partial charge in [0.05, 0.1) is 19.3 Å². The molecule has 0 radical (unpaired) electrons. The molecule has 10 heteroatoms. The fraction of sp³-hybridized carbons (Fsp3) is 0.349. The van der Waals surface area contributed by atoms with Crippen LogP contribution in [0.3, 0.4) is 0 Å². The van der Waals surface area contributed by atoms with E-state index in [0.29, 0.717) is 36.5 Å². The molecule has 0 aromatic heterocycles. The Balaban J connectivity index is 0.996. The predicted octanol–water partition coefficient (Wildman–Crippen LogP) is 9.25. The van der Waals surface area contributed by atoms with Gasteiger partial charge in [-0.1, -0.05) is 35.9 Å². The Morgan fingerprint density at radius 2 is 1.28 bits per heavy atom. The third kappa shape index (κ3) is 7.79. The third-order valence-electron chi connectivity index (χ3n) is 10.7. The molecule has 4 aromatic rings. The average Bonchev–Trinajstić information content (AvgIpc) is 3.86. The first-order chi connectivity index (χ1) is 25.7. The second kappa shape index (κ2) is 15.1. The van der Waals surface area contributed by atoms with Gasteiger partial charge in [0, 0.05) is 41.7 Å². The Kier molecular flexibility index (Phi) is 10.2. The van der Waals surface area contributed by atoms with Gasteiger partial charge in [-0.3, -0.25) is 9.80 Å². The van der Waals surface area contributed by atoms with Crippen molar-refractivity contribution in [2.45, 2.75) is 25.4 Å².